The first-order valence-corrected chi connectivity index (χ1v) is 10.6. The second kappa shape index (κ2) is 8.77. The molecule has 1 atom stereocenters. The molecule has 0 saturated carbocycles. The van der Waals surface area contributed by atoms with Crippen LogP contribution >= 0.6 is 0 Å². The summed E-state index contributed by atoms with van der Waals surface area (Å²) in [5, 5.41) is 10.5. The third-order valence-electron chi connectivity index (χ3n) is 4.68. The van der Waals surface area contributed by atoms with E-state index in [4.69, 9.17) is 14.2 Å². The predicted octanol–water partition coefficient (Wildman–Crippen LogP) is 3.95. The summed E-state index contributed by atoms with van der Waals surface area (Å²) in [5.74, 6) is -2.47. The van der Waals surface area contributed by atoms with Gasteiger partial charge in [0.25, 0.3) is 0 Å². The first-order valence-electron chi connectivity index (χ1n) is 10.6. The Kier molecular flexibility index (Phi) is 6.40. The number of carbonyl (C=O) groups is 3. The molecule has 1 aromatic carbocycles. The van der Waals surface area contributed by atoms with Crippen LogP contribution in [0.2, 0.25) is 0 Å². The van der Waals surface area contributed by atoms with E-state index in [9.17, 15) is 19.5 Å². The molecule has 176 valence electrons. The van der Waals surface area contributed by atoms with Crippen molar-refractivity contribution >= 4 is 24.0 Å². The third-order valence-corrected chi connectivity index (χ3v) is 4.68. The second-order valence-electron chi connectivity index (χ2n) is 9.76. The van der Waals surface area contributed by atoms with Gasteiger partial charge in [-0.2, -0.15) is 0 Å². The molecule has 1 N–H and O–H groups in total. The summed E-state index contributed by atoms with van der Waals surface area (Å²) in [6.07, 6.45) is 4.36. The van der Waals surface area contributed by atoms with Gasteiger partial charge >= 0.3 is 17.9 Å². The van der Waals surface area contributed by atoms with Crippen molar-refractivity contribution < 1.29 is 33.7 Å². The van der Waals surface area contributed by atoms with Crippen LogP contribution in [0, 0.1) is 0 Å². The molecule has 2 aliphatic rings. The molecule has 0 amide bonds. The van der Waals surface area contributed by atoms with Crippen molar-refractivity contribution in [1.82, 2.24) is 4.90 Å². The van der Waals surface area contributed by atoms with Crippen LogP contribution < -0.4 is 0 Å². The van der Waals surface area contributed by atoms with Crippen molar-refractivity contribution in [3.8, 4) is 0 Å². The molecule has 8 heteroatoms. The Labute approximate surface area is 193 Å². The lowest BCUT2D eigenvalue weighted by Crippen LogP contribution is -2.36. The minimum absolute atomic E-state index is 0.00884. The van der Waals surface area contributed by atoms with Crippen molar-refractivity contribution in [3.63, 3.8) is 0 Å². The van der Waals surface area contributed by atoms with E-state index in [1.165, 1.54) is 4.90 Å². The summed E-state index contributed by atoms with van der Waals surface area (Å²) in [7, 11) is 0. The number of hydrogen-bond acceptors (Lipinski definition) is 8. The zero-order valence-corrected chi connectivity index (χ0v) is 19.7. The maximum Gasteiger partial charge on any atom is 0.355 e. The molecule has 0 fully saturated rings. The molecule has 0 aliphatic carbocycles. The highest BCUT2D eigenvalue weighted by Gasteiger charge is 2.41. The van der Waals surface area contributed by atoms with Gasteiger partial charge in [-0.05, 0) is 58.7 Å². The molecular formula is C25H29NO7. The number of nitrogens with zero attached hydrogens (tertiary/aromatic N) is 1. The van der Waals surface area contributed by atoms with E-state index in [1.54, 1.807) is 66.0 Å². The molecular weight excluding hydrogens is 426 g/mol. The number of hydrogen-bond donors (Lipinski definition) is 1. The fourth-order valence-electron chi connectivity index (χ4n) is 3.51. The van der Waals surface area contributed by atoms with Gasteiger partial charge in [-0.15, -0.1) is 0 Å². The molecule has 0 bridgehead atoms. The fourth-order valence-corrected chi connectivity index (χ4v) is 3.51. The predicted molar refractivity (Wildman–Crippen MR) is 120 cm³/mol. The molecule has 2 aliphatic heterocycles. The normalized spacial score (nSPS) is 18.7. The molecule has 0 aromatic heterocycles. The molecule has 3 rings (SSSR count). The Morgan fingerprint density at radius 2 is 1.73 bits per heavy atom. The first kappa shape index (κ1) is 24.1. The standard InChI is InChI=1S/C25H29NO7/c1-24(2,3)32-19(28)13-17(22(29)33-25(4,5)6)26-12-11-15-9-7-8-10-16(15)21(26)20-18(27)14-31-23(20)30/h7-13,21,27H,14H2,1-6H3/b17-13+. The van der Waals surface area contributed by atoms with Crippen LogP contribution in [0.1, 0.15) is 58.7 Å². The number of cyclic esters (lactones) is 1. The zero-order chi connectivity index (χ0) is 24.6. The monoisotopic (exact) mass is 455 g/mol. The van der Waals surface area contributed by atoms with Gasteiger partial charge in [-0.1, -0.05) is 24.3 Å². The Morgan fingerprint density at radius 3 is 2.30 bits per heavy atom. The number of aliphatic hydroxyl groups is 1. The molecule has 2 heterocycles. The summed E-state index contributed by atoms with van der Waals surface area (Å²) in [4.78, 5) is 39.9. The van der Waals surface area contributed by atoms with Crippen LogP contribution in [0.25, 0.3) is 6.08 Å². The van der Waals surface area contributed by atoms with Crippen LogP contribution in [0.4, 0.5) is 0 Å². The van der Waals surface area contributed by atoms with Gasteiger partial charge in [0, 0.05) is 6.20 Å². The summed E-state index contributed by atoms with van der Waals surface area (Å²) in [5.41, 5.74) is -0.337. The van der Waals surface area contributed by atoms with Gasteiger partial charge in [0.2, 0.25) is 0 Å². The van der Waals surface area contributed by atoms with Crippen LogP contribution in [-0.4, -0.2) is 45.7 Å². The van der Waals surface area contributed by atoms with E-state index in [-0.39, 0.29) is 23.6 Å². The largest absolute Gasteiger partial charge is 0.508 e. The average Bonchev–Trinajstić information content (AvgIpc) is 3.00. The lowest BCUT2D eigenvalue weighted by molar-refractivity contribution is -0.154. The number of esters is 3. The molecule has 33 heavy (non-hydrogen) atoms. The minimum Gasteiger partial charge on any atom is -0.508 e. The van der Waals surface area contributed by atoms with E-state index in [0.29, 0.717) is 5.56 Å². The Hall–Kier alpha value is -3.55. The molecule has 0 radical (unpaired) electrons. The van der Waals surface area contributed by atoms with Crippen molar-refractivity contribution in [2.75, 3.05) is 6.61 Å². The topological polar surface area (TPSA) is 102 Å². The van der Waals surface area contributed by atoms with Gasteiger partial charge in [0.05, 0.1) is 12.1 Å². The average molecular weight is 456 g/mol. The van der Waals surface area contributed by atoms with Gasteiger partial charge in [0.15, 0.2) is 0 Å². The molecule has 0 spiro atoms. The van der Waals surface area contributed by atoms with Gasteiger partial charge in [0.1, 0.15) is 34.8 Å². The van der Waals surface area contributed by atoms with Gasteiger partial charge in [-0.25, -0.2) is 14.4 Å². The van der Waals surface area contributed by atoms with E-state index in [1.807, 2.05) is 12.1 Å². The van der Waals surface area contributed by atoms with Crippen molar-refractivity contribution in [1.29, 1.82) is 0 Å². The lowest BCUT2D eigenvalue weighted by atomic mass is 9.90. The van der Waals surface area contributed by atoms with Gasteiger partial charge < -0.3 is 24.2 Å². The molecule has 8 nitrogen and oxygen atoms in total. The fraction of sp³-hybridized carbons (Fsp3) is 0.400. The van der Waals surface area contributed by atoms with Crippen LogP contribution in [0.5, 0.6) is 0 Å². The number of rotatable bonds is 4. The molecule has 1 unspecified atom stereocenters. The number of benzene rings is 1. The summed E-state index contributed by atoms with van der Waals surface area (Å²) < 4.78 is 16.0. The highest BCUT2D eigenvalue weighted by Crippen LogP contribution is 2.41. The summed E-state index contributed by atoms with van der Waals surface area (Å²) >= 11 is 0. The summed E-state index contributed by atoms with van der Waals surface area (Å²) in [6.45, 7) is 9.99. The zero-order valence-electron chi connectivity index (χ0n) is 19.7. The Bertz CT molecular complexity index is 1070. The summed E-state index contributed by atoms with van der Waals surface area (Å²) in [6, 6.07) is 6.33. The number of ether oxygens (including phenoxy) is 3. The third kappa shape index (κ3) is 5.63. The van der Waals surface area contributed by atoms with Crippen LogP contribution in [0.15, 0.2) is 53.6 Å². The van der Waals surface area contributed by atoms with Crippen molar-refractivity contribution in [2.45, 2.75) is 58.8 Å². The van der Waals surface area contributed by atoms with Gasteiger partial charge in [-0.3, -0.25) is 0 Å². The van der Waals surface area contributed by atoms with E-state index < -0.39 is 35.2 Å². The van der Waals surface area contributed by atoms with E-state index >= 15 is 0 Å². The number of fused-ring (bicyclic) bond motifs is 1. The smallest absolute Gasteiger partial charge is 0.355 e. The quantitative estimate of drug-likeness (QED) is 0.414. The Morgan fingerprint density at radius 1 is 1.09 bits per heavy atom. The van der Waals surface area contributed by atoms with Crippen LogP contribution in [0.3, 0.4) is 0 Å². The number of aliphatic hydroxyl groups excluding tert-OH is 1. The SMILES string of the molecule is CC(C)(C)OC(=O)/C=C(\C(=O)OC(C)(C)C)N1C=Cc2ccccc2C1C1=C(O)COC1=O. The van der Waals surface area contributed by atoms with Crippen molar-refractivity contribution in [2.24, 2.45) is 0 Å². The number of carbonyl (C=O) groups excluding carboxylic acids is 3. The second-order valence-corrected chi connectivity index (χ2v) is 9.76. The van der Waals surface area contributed by atoms with E-state index in [0.717, 1.165) is 11.6 Å². The highest BCUT2D eigenvalue weighted by atomic mass is 16.6. The highest BCUT2D eigenvalue weighted by molar-refractivity contribution is 5.98. The molecule has 1 aromatic rings. The minimum atomic E-state index is -0.914. The lowest BCUT2D eigenvalue weighted by Gasteiger charge is -2.36. The van der Waals surface area contributed by atoms with Crippen molar-refractivity contribution in [3.05, 3.63) is 64.7 Å². The first-order chi connectivity index (χ1) is 15.3. The maximum absolute atomic E-state index is 13.2. The maximum atomic E-state index is 13.2. The Balaban J connectivity index is 2.16. The van der Waals surface area contributed by atoms with E-state index in [2.05, 4.69) is 0 Å². The molecule has 0 saturated heterocycles. The van der Waals surface area contributed by atoms with Crippen LogP contribution in [-0.2, 0) is 28.6 Å².